The summed E-state index contributed by atoms with van der Waals surface area (Å²) in [6.07, 6.45) is 0. The van der Waals surface area contributed by atoms with E-state index in [1.165, 1.54) is 0 Å². The average Bonchev–Trinajstić information content (AvgIpc) is 3.06. The Hall–Kier alpha value is -2.86. The van der Waals surface area contributed by atoms with Crippen molar-refractivity contribution < 1.29 is 9.53 Å². The molecule has 1 aromatic heterocycles. The van der Waals surface area contributed by atoms with Crippen LogP contribution in [-0.2, 0) is 0 Å². The quantitative estimate of drug-likeness (QED) is 0.725. The standard InChI is InChI=1S/C19H22N4O2/c1-23(2)16(14-9-5-7-11-17(14)25-3)12-20-19(24)18-13-8-4-6-10-15(13)21-22-18/h4-11,16H,12H2,1-3H3,(H,20,24)(H,21,22). The van der Waals surface area contributed by atoms with Gasteiger partial charge in [0.1, 0.15) is 5.75 Å². The Balaban J connectivity index is 1.79. The van der Waals surface area contributed by atoms with Gasteiger partial charge in [0.05, 0.1) is 18.7 Å². The Kier molecular flexibility index (Phi) is 5.00. The number of nitrogens with one attached hydrogen (secondary N) is 2. The number of benzene rings is 2. The molecule has 0 bridgehead atoms. The highest BCUT2D eigenvalue weighted by molar-refractivity contribution is 6.04. The second-order valence-corrected chi connectivity index (χ2v) is 6.05. The van der Waals surface area contributed by atoms with Gasteiger partial charge in [-0.2, -0.15) is 5.10 Å². The van der Waals surface area contributed by atoms with Crippen LogP contribution in [0, 0.1) is 0 Å². The zero-order valence-electron chi connectivity index (χ0n) is 14.6. The predicted molar refractivity (Wildman–Crippen MR) is 97.8 cm³/mol. The summed E-state index contributed by atoms with van der Waals surface area (Å²) in [6, 6.07) is 15.4. The summed E-state index contributed by atoms with van der Waals surface area (Å²) in [6.45, 7) is 0.452. The highest BCUT2D eigenvalue weighted by atomic mass is 16.5. The maximum atomic E-state index is 12.6. The molecule has 2 N–H and O–H groups in total. The molecule has 130 valence electrons. The van der Waals surface area contributed by atoms with E-state index in [4.69, 9.17) is 4.74 Å². The molecule has 2 aromatic carbocycles. The Bertz CT molecular complexity index is 872. The van der Waals surface area contributed by atoms with Crippen LogP contribution in [0.3, 0.4) is 0 Å². The lowest BCUT2D eigenvalue weighted by molar-refractivity contribution is 0.0938. The van der Waals surface area contributed by atoms with Gasteiger partial charge in [-0.15, -0.1) is 0 Å². The number of nitrogens with zero attached hydrogens (tertiary/aromatic N) is 2. The van der Waals surface area contributed by atoms with Crippen molar-refractivity contribution in [3.05, 3.63) is 59.8 Å². The number of hydrogen-bond acceptors (Lipinski definition) is 4. The number of H-pyrrole nitrogens is 1. The van der Waals surface area contributed by atoms with E-state index in [2.05, 4.69) is 20.4 Å². The molecule has 0 aliphatic carbocycles. The molecule has 0 fully saturated rings. The first-order valence-electron chi connectivity index (χ1n) is 8.12. The highest BCUT2D eigenvalue weighted by Crippen LogP contribution is 2.27. The number of methoxy groups -OCH3 is 1. The van der Waals surface area contributed by atoms with Gasteiger partial charge in [0.2, 0.25) is 0 Å². The fourth-order valence-electron chi connectivity index (χ4n) is 2.92. The van der Waals surface area contributed by atoms with Crippen LogP contribution in [0.25, 0.3) is 10.9 Å². The normalized spacial score (nSPS) is 12.3. The molecular formula is C19H22N4O2. The van der Waals surface area contributed by atoms with Crippen molar-refractivity contribution in [2.75, 3.05) is 27.7 Å². The topological polar surface area (TPSA) is 70.2 Å². The Morgan fingerprint density at radius 1 is 1.20 bits per heavy atom. The fourth-order valence-corrected chi connectivity index (χ4v) is 2.92. The minimum Gasteiger partial charge on any atom is -0.496 e. The third-order valence-electron chi connectivity index (χ3n) is 4.26. The number of likely N-dealkylation sites (N-methyl/N-ethyl adjacent to an activating group) is 1. The van der Waals surface area contributed by atoms with E-state index in [0.29, 0.717) is 12.2 Å². The molecule has 0 radical (unpaired) electrons. The highest BCUT2D eigenvalue weighted by Gasteiger charge is 2.20. The number of para-hydroxylation sites is 2. The number of aromatic amines is 1. The van der Waals surface area contributed by atoms with Gasteiger partial charge in [-0.25, -0.2) is 0 Å². The van der Waals surface area contributed by atoms with Crippen LogP contribution >= 0.6 is 0 Å². The molecule has 0 aliphatic heterocycles. The first kappa shape index (κ1) is 17.0. The maximum Gasteiger partial charge on any atom is 0.272 e. The third-order valence-corrected chi connectivity index (χ3v) is 4.26. The van der Waals surface area contributed by atoms with E-state index in [9.17, 15) is 4.79 Å². The number of carbonyl (C=O) groups is 1. The van der Waals surface area contributed by atoms with Gasteiger partial charge in [0.15, 0.2) is 5.69 Å². The summed E-state index contributed by atoms with van der Waals surface area (Å²) < 4.78 is 5.46. The minimum atomic E-state index is -0.195. The number of hydrogen-bond donors (Lipinski definition) is 2. The number of aromatic nitrogens is 2. The van der Waals surface area contributed by atoms with Crippen molar-refractivity contribution >= 4 is 16.8 Å². The van der Waals surface area contributed by atoms with Crippen molar-refractivity contribution in [2.45, 2.75) is 6.04 Å². The van der Waals surface area contributed by atoms with Gasteiger partial charge in [-0.05, 0) is 26.2 Å². The van der Waals surface area contributed by atoms with Crippen molar-refractivity contribution in [2.24, 2.45) is 0 Å². The molecule has 0 saturated heterocycles. The zero-order valence-corrected chi connectivity index (χ0v) is 14.6. The molecular weight excluding hydrogens is 316 g/mol. The van der Waals surface area contributed by atoms with Crippen LogP contribution in [0.4, 0.5) is 0 Å². The Morgan fingerprint density at radius 3 is 2.68 bits per heavy atom. The number of ether oxygens (including phenoxy) is 1. The summed E-state index contributed by atoms with van der Waals surface area (Å²) in [5.41, 5.74) is 2.29. The van der Waals surface area contributed by atoms with Crippen LogP contribution in [0.1, 0.15) is 22.1 Å². The van der Waals surface area contributed by atoms with Crippen LogP contribution in [0.15, 0.2) is 48.5 Å². The smallest absolute Gasteiger partial charge is 0.272 e. The van der Waals surface area contributed by atoms with E-state index in [1.807, 2.05) is 62.6 Å². The predicted octanol–water partition coefficient (Wildman–Crippen LogP) is 2.60. The van der Waals surface area contributed by atoms with E-state index >= 15 is 0 Å². The lowest BCUT2D eigenvalue weighted by atomic mass is 10.0. The molecule has 3 aromatic rings. The zero-order chi connectivity index (χ0) is 17.8. The number of rotatable bonds is 6. The summed E-state index contributed by atoms with van der Waals surface area (Å²) in [5, 5.41) is 10.8. The molecule has 1 atom stereocenters. The van der Waals surface area contributed by atoms with Crippen molar-refractivity contribution in [3.63, 3.8) is 0 Å². The lowest BCUT2D eigenvalue weighted by Gasteiger charge is -2.26. The van der Waals surface area contributed by atoms with E-state index in [1.54, 1.807) is 7.11 Å². The number of fused-ring (bicyclic) bond motifs is 1. The molecule has 3 rings (SSSR count). The number of amides is 1. The Labute approximate surface area is 146 Å². The molecule has 1 amide bonds. The summed E-state index contributed by atoms with van der Waals surface area (Å²) >= 11 is 0. The van der Waals surface area contributed by atoms with Gasteiger partial charge in [-0.3, -0.25) is 9.89 Å². The summed E-state index contributed by atoms with van der Waals surface area (Å²) in [4.78, 5) is 14.6. The minimum absolute atomic E-state index is 0.00898. The van der Waals surface area contributed by atoms with Crippen molar-refractivity contribution in [1.29, 1.82) is 0 Å². The van der Waals surface area contributed by atoms with Crippen LogP contribution < -0.4 is 10.1 Å². The van der Waals surface area contributed by atoms with Gasteiger partial charge < -0.3 is 15.0 Å². The van der Waals surface area contributed by atoms with Gasteiger partial charge in [0, 0.05) is 17.5 Å². The van der Waals surface area contributed by atoms with Crippen molar-refractivity contribution in [1.82, 2.24) is 20.4 Å². The second-order valence-electron chi connectivity index (χ2n) is 6.05. The van der Waals surface area contributed by atoms with E-state index in [-0.39, 0.29) is 11.9 Å². The van der Waals surface area contributed by atoms with E-state index < -0.39 is 0 Å². The monoisotopic (exact) mass is 338 g/mol. The molecule has 1 heterocycles. The third kappa shape index (κ3) is 3.49. The fraction of sp³-hybridized carbons (Fsp3) is 0.263. The molecule has 1 unspecified atom stereocenters. The second kappa shape index (κ2) is 7.36. The van der Waals surface area contributed by atoms with Gasteiger partial charge >= 0.3 is 0 Å². The van der Waals surface area contributed by atoms with Crippen LogP contribution in [0.2, 0.25) is 0 Å². The van der Waals surface area contributed by atoms with Gasteiger partial charge in [-0.1, -0.05) is 36.4 Å². The summed E-state index contributed by atoms with van der Waals surface area (Å²) in [7, 11) is 5.61. The SMILES string of the molecule is COc1ccccc1C(CNC(=O)c1n[nH]c2ccccc12)N(C)C. The first-order chi connectivity index (χ1) is 12.1. The molecule has 0 spiro atoms. The molecule has 6 nitrogen and oxygen atoms in total. The van der Waals surface area contributed by atoms with Gasteiger partial charge in [0.25, 0.3) is 5.91 Å². The molecule has 0 aliphatic rings. The molecule has 6 heteroatoms. The largest absolute Gasteiger partial charge is 0.496 e. The van der Waals surface area contributed by atoms with Crippen molar-refractivity contribution in [3.8, 4) is 5.75 Å². The molecule has 25 heavy (non-hydrogen) atoms. The number of carbonyl (C=O) groups excluding carboxylic acids is 1. The van der Waals surface area contributed by atoms with Crippen LogP contribution in [0.5, 0.6) is 5.75 Å². The molecule has 0 saturated carbocycles. The maximum absolute atomic E-state index is 12.6. The first-order valence-corrected chi connectivity index (χ1v) is 8.12. The summed E-state index contributed by atoms with van der Waals surface area (Å²) in [5.74, 6) is 0.611. The lowest BCUT2D eigenvalue weighted by Crippen LogP contribution is -2.35. The van der Waals surface area contributed by atoms with Crippen LogP contribution in [-0.4, -0.2) is 48.8 Å². The average molecular weight is 338 g/mol. The van der Waals surface area contributed by atoms with E-state index in [0.717, 1.165) is 22.2 Å². The Morgan fingerprint density at radius 2 is 1.92 bits per heavy atom.